The molecule has 120 valence electrons. The van der Waals surface area contributed by atoms with E-state index in [1.165, 1.54) is 38.9 Å². The first-order valence-corrected chi connectivity index (χ1v) is 8.35. The first-order valence-electron chi connectivity index (χ1n) is 8.35. The van der Waals surface area contributed by atoms with Crippen LogP contribution < -0.4 is 5.73 Å². The largest absolute Gasteiger partial charge is 0.330 e. The molecule has 1 aromatic heterocycles. The van der Waals surface area contributed by atoms with Crippen molar-refractivity contribution in [2.24, 2.45) is 5.73 Å². The van der Waals surface area contributed by atoms with Crippen molar-refractivity contribution in [2.75, 3.05) is 39.3 Å². The Bertz CT molecular complexity index is 391. The number of aromatic nitrogens is 3. The third-order valence-electron chi connectivity index (χ3n) is 4.22. The fraction of sp³-hybridized carbons (Fsp3) is 0.867. The normalized spacial score (nSPS) is 18.0. The van der Waals surface area contributed by atoms with E-state index in [4.69, 9.17) is 5.73 Å². The van der Waals surface area contributed by atoms with Gasteiger partial charge in [0.2, 0.25) is 0 Å². The number of unbranched alkanes of at least 4 members (excludes halogenated alkanes) is 2. The van der Waals surface area contributed by atoms with Gasteiger partial charge in [0.25, 0.3) is 0 Å². The van der Waals surface area contributed by atoms with Crippen LogP contribution in [-0.4, -0.2) is 63.8 Å². The molecule has 0 amide bonds. The zero-order valence-electron chi connectivity index (χ0n) is 13.4. The van der Waals surface area contributed by atoms with E-state index in [2.05, 4.69) is 26.8 Å². The molecule has 0 aliphatic carbocycles. The van der Waals surface area contributed by atoms with E-state index in [1.807, 2.05) is 4.68 Å². The summed E-state index contributed by atoms with van der Waals surface area (Å²) in [6, 6.07) is 0. The van der Waals surface area contributed by atoms with Gasteiger partial charge in [-0.05, 0) is 52.4 Å². The molecule has 1 aromatic rings. The monoisotopic (exact) mass is 294 g/mol. The van der Waals surface area contributed by atoms with Gasteiger partial charge in [0.05, 0.1) is 6.54 Å². The van der Waals surface area contributed by atoms with Gasteiger partial charge in [-0.3, -0.25) is 4.90 Å². The molecule has 0 radical (unpaired) electrons. The van der Waals surface area contributed by atoms with Crippen molar-refractivity contribution in [3.05, 3.63) is 12.2 Å². The van der Waals surface area contributed by atoms with Gasteiger partial charge in [-0.25, -0.2) is 9.67 Å². The van der Waals surface area contributed by atoms with Crippen LogP contribution in [0.4, 0.5) is 0 Å². The highest BCUT2D eigenvalue weighted by Crippen LogP contribution is 2.08. The second-order valence-electron chi connectivity index (χ2n) is 5.81. The fourth-order valence-corrected chi connectivity index (χ4v) is 2.94. The van der Waals surface area contributed by atoms with Crippen LogP contribution in [0.1, 0.15) is 38.4 Å². The lowest BCUT2D eigenvalue weighted by atomic mass is 10.2. The van der Waals surface area contributed by atoms with Crippen molar-refractivity contribution in [3.8, 4) is 0 Å². The van der Waals surface area contributed by atoms with Crippen LogP contribution in [-0.2, 0) is 13.1 Å². The minimum atomic E-state index is 0.825. The van der Waals surface area contributed by atoms with Crippen LogP contribution in [0.5, 0.6) is 0 Å². The summed E-state index contributed by atoms with van der Waals surface area (Å²) in [7, 11) is 0. The minimum Gasteiger partial charge on any atom is -0.330 e. The molecule has 2 N–H and O–H groups in total. The Labute approximate surface area is 128 Å². The molecule has 0 bridgehead atoms. The summed E-state index contributed by atoms with van der Waals surface area (Å²) in [5.74, 6) is 1.09. The van der Waals surface area contributed by atoms with Gasteiger partial charge in [-0.1, -0.05) is 6.42 Å². The number of aryl methyl sites for hydroxylation is 1. The maximum Gasteiger partial charge on any atom is 0.140 e. The zero-order valence-corrected chi connectivity index (χ0v) is 13.4. The third-order valence-corrected chi connectivity index (χ3v) is 4.22. The van der Waals surface area contributed by atoms with Crippen molar-refractivity contribution < 1.29 is 0 Å². The molecular weight excluding hydrogens is 264 g/mol. The quantitative estimate of drug-likeness (QED) is 0.723. The van der Waals surface area contributed by atoms with E-state index in [1.54, 1.807) is 6.33 Å². The van der Waals surface area contributed by atoms with E-state index >= 15 is 0 Å². The van der Waals surface area contributed by atoms with Gasteiger partial charge in [0.1, 0.15) is 12.2 Å². The Hall–Kier alpha value is -0.980. The number of nitrogens with zero attached hydrogens (tertiary/aromatic N) is 5. The Morgan fingerprint density at radius 3 is 2.71 bits per heavy atom. The average molecular weight is 294 g/mol. The smallest absolute Gasteiger partial charge is 0.140 e. The molecule has 1 aliphatic rings. The highest BCUT2D eigenvalue weighted by molar-refractivity contribution is 4.85. The SMILES string of the molecule is CCn1ncnc1CN1CCCN(CCCCCN)CC1. The Morgan fingerprint density at radius 2 is 1.90 bits per heavy atom. The van der Waals surface area contributed by atoms with Crippen LogP contribution in [0.3, 0.4) is 0 Å². The first kappa shape index (κ1) is 16.4. The third kappa shape index (κ3) is 5.37. The predicted molar refractivity (Wildman–Crippen MR) is 84.9 cm³/mol. The van der Waals surface area contributed by atoms with E-state index in [0.29, 0.717) is 0 Å². The van der Waals surface area contributed by atoms with Gasteiger partial charge < -0.3 is 10.6 Å². The molecule has 1 saturated heterocycles. The molecule has 6 heteroatoms. The molecule has 1 aliphatic heterocycles. The molecule has 0 unspecified atom stereocenters. The van der Waals surface area contributed by atoms with E-state index in [-0.39, 0.29) is 0 Å². The van der Waals surface area contributed by atoms with Gasteiger partial charge in [0.15, 0.2) is 0 Å². The van der Waals surface area contributed by atoms with Crippen LogP contribution in [0.2, 0.25) is 0 Å². The van der Waals surface area contributed by atoms with Crippen molar-refractivity contribution in [1.29, 1.82) is 0 Å². The highest BCUT2D eigenvalue weighted by Gasteiger charge is 2.16. The number of nitrogens with two attached hydrogens (primary N) is 1. The van der Waals surface area contributed by atoms with Crippen LogP contribution in [0, 0.1) is 0 Å². The second kappa shape index (κ2) is 9.12. The lowest BCUT2D eigenvalue weighted by Crippen LogP contribution is -2.31. The molecule has 6 nitrogen and oxygen atoms in total. The second-order valence-corrected chi connectivity index (χ2v) is 5.81. The average Bonchev–Trinajstić information content (AvgIpc) is 2.83. The summed E-state index contributed by atoms with van der Waals surface area (Å²) in [4.78, 5) is 9.49. The number of hydrogen-bond acceptors (Lipinski definition) is 5. The van der Waals surface area contributed by atoms with E-state index in [9.17, 15) is 0 Å². The number of rotatable bonds is 8. The Kier molecular flexibility index (Phi) is 7.12. The van der Waals surface area contributed by atoms with E-state index < -0.39 is 0 Å². The summed E-state index contributed by atoms with van der Waals surface area (Å²) in [6.45, 7) is 10.7. The lowest BCUT2D eigenvalue weighted by molar-refractivity contribution is 0.242. The molecule has 2 heterocycles. The standard InChI is InChI=1S/C15H30N6/c1-2-21-15(17-14-18-21)13-20-10-6-9-19(11-12-20)8-5-3-4-7-16/h14H,2-13,16H2,1H3. The van der Waals surface area contributed by atoms with Crippen molar-refractivity contribution >= 4 is 0 Å². The van der Waals surface area contributed by atoms with Crippen molar-refractivity contribution in [1.82, 2.24) is 24.6 Å². The van der Waals surface area contributed by atoms with Crippen molar-refractivity contribution in [3.63, 3.8) is 0 Å². The van der Waals surface area contributed by atoms with Gasteiger partial charge in [-0.15, -0.1) is 0 Å². The highest BCUT2D eigenvalue weighted by atomic mass is 15.3. The van der Waals surface area contributed by atoms with Crippen LogP contribution >= 0.6 is 0 Å². The molecule has 0 aromatic carbocycles. The molecule has 2 rings (SSSR count). The molecule has 0 atom stereocenters. The maximum absolute atomic E-state index is 5.55. The molecule has 21 heavy (non-hydrogen) atoms. The van der Waals surface area contributed by atoms with Gasteiger partial charge in [0, 0.05) is 19.6 Å². The molecule has 0 spiro atoms. The maximum atomic E-state index is 5.55. The summed E-state index contributed by atoms with van der Waals surface area (Å²) >= 11 is 0. The summed E-state index contributed by atoms with van der Waals surface area (Å²) in [6.07, 6.45) is 6.61. The lowest BCUT2D eigenvalue weighted by Gasteiger charge is -2.21. The summed E-state index contributed by atoms with van der Waals surface area (Å²) < 4.78 is 2.00. The van der Waals surface area contributed by atoms with Gasteiger partial charge in [-0.2, -0.15) is 5.10 Å². The number of hydrogen-bond donors (Lipinski definition) is 1. The van der Waals surface area contributed by atoms with Crippen LogP contribution in [0.15, 0.2) is 6.33 Å². The molecular formula is C15H30N6. The van der Waals surface area contributed by atoms with E-state index in [0.717, 1.165) is 45.0 Å². The topological polar surface area (TPSA) is 63.2 Å². The summed E-state index contributed by atoms with van der Waals surface area (Å²) in [5.41, 5.74) is 5.55. The predicted octanol–water partition coefficient (Wildman–Crippen LogP) is 0.935. The minimum absolute atomic E-state index is 0.825. The molecule has 0 saturated carbocycles. The zero-order chi connectivity index (χ0) is 14.9. The fourth-order valence-electron chi connectivity index (χ4n) is 2.94. The van der Waals surface area contributed by atoms with Crippen molar-refractivity contribution in [2.45, 2.75) is 45.7 Å². The Morgan fingerprint density at radius 1 is 1.10 bits per heavy atom. The first-order chi connectivity index (χ1) is 10.3. The van der Waals surface area contributed by atoms with Crippen LogP contribution in [0.25, 0.3) is 0 Å². The Balaban J connectivity index is 1.73. The molecule has 1 fully saturated rings. The van der Waals surface area contributed by atoms with Gasteiger partial charge >= 0.3 is 0 Å². The summed E-state index contributed by atoms with van der Waals surface area (Å²) in [5, 5.41) is 4.25.